The van der Waals surface area contributed by atoms with Gasteiger partial charge in [-0.25, -0.2) is 0 Å². The van der Waals surface area contributed by atoms with Crippen molar-refractivity contribution in [1.82, 2.24) is 9.97 Å². The Morgan fingerprint density at radius 2 is 1.45 bits per heavy atom. The van der Waals surface area contributed by atoms with E-state index < -0.39 is 0 Å². The molecule has 1 aliphatic heterocycles. The first-order valence-electron chi connectivity index (χ1n) is 7.16. The number of nitrogens with zero attached hydrogens (tertiary/aromatic N) is 2. The Hall–Kier alpha value is -2.88. The Balaban J connectivity index is 1.83. The highest BCUT2D eigenvalue weighted by Crippen LogP contribution is 2.37. The normalized spacial score (nSPS) is 12.9. The highest BCUT2D eigenvalue weighted by molar-refractivity contribution is 5.83. The molecule has 0 spiro atoms. The average Bonchev–Trinajstić information content (AvgIpc) is 2.62. The number of fused-ring (bicyclic) bond motifs is 1. The predicted octanol–water partition coefficient (Wildman–Crippen LogP) is 3.58. The van der Waals surface area contributed by atoms with Crippen LogP contribution in [0.4, 0.5) is 0 Å². The second-order valence-electron chi connectivity index (χ2n) is 5.02. The van der Waals surface area contributed by atoms with Gasteiger partial charge in [0.2, 0.25) is 0 Å². The Bertz CT molecular complexity index is 803. The monoisotopic (exact) mass is 290 g/mol. The number of rotatable bonds is 2. The van der Waals surface area contributed by atoms with Gasteiger partial charge in [-0.05, 0) is 47.0 Å². The van der Waals surface area contributed by atoms with Gasteiger partial charge in [0.05, 0.1) is 0 Å². The molecule has 4 heteroatoms. The number of hydrogen-bond acceptors (Lipinski definition) is 4. The summed E-state index contributed by atoms with van der Waals surface area (Å²) in [5, 5.41) is 0. The van der Waals surface area contributed by atoms with Crippen molar-refractivity contribution >= 4 is 0 Å². The summed E-state index contributed by atoms with van der Waals surface area (Å²) in [6, 6.07) is 12.0. The average molecular weight is 290 g/mol. The van der Waals surface area contributed by atoms with Crippen LogP contribution in [0.5, 0.6) is 11.5 Å². The van der Waals surface area contributed by atoms with Crippen LogP contribution in [0.25, 0.3) is 22.3 Å². The van der Waals surface area contributed by atoms with Gasteiger partial charge >= 0.3 is 0 Å². The Morgan fingerprint density at radius 3 is 2.32 bits per heavy atom. The molecule has 1 aliphatic rings. The van der Waals surface area contributed by atoms with Crippen molar-refractivity contribution in [2.24, 2.45) is 0 Å². The van der Waals surface area contributed by atoms with Crippen LogP contribution in [0.3, 0.4) is 0 Å². The molecule has 4 rings (SSSR count). The zero-order chi connectivity index (χ0) is 14.8. The lowest BCUT2D eigenvalue weighted by molar-refractivity contribution is 0.171. The second-order valence-corrected chi connectivity index (χ2v) is 5.02. The van der Waals surface area contributed by atoms with Crippen LogP contribution in [-0.2, 0) is 0 Å². The lowest BCUT2D eigenvalue weighted by atomic mass is 9.97. The number of aromatic nitrogens is 2. The van der Waals surface area contributed by atoms with E-state index in [-0.39, 0.29) is 0 Å². The Labute approximate surface area is 128 Å². The highest BCUT2D eigenvalue weighted by atomic mass is 16.6. The molecule has 3 heterocycles. The molecule has 0 saturated carbocycles. The molecule has 2 aromatic heterocycles. The first-order valence-corrected chi connectivity index (χ1v) is 7.16. The van der Waals surface area contributed by atoms with Crippen molar-refractivity contribution in [3.63, 3.8) is 0 Å². The summed E-state index contributed by atoms with van der Waals surface area (Å²) in [6.07, 6.45) is 7.27. The van der Waals surface area contributed by atoms with Gasteiger partial charge in [-0.1, -0.05) is 6.07 Å². The molecule has 22 heavy (non-hydrogen) atoms. The minimum atomic E-state index is 0.584. The number of benzene rings is 1. The van der Waals surface area contributed by atoms with Crippen LogP contribution >= 0.6 is 0 Å². The molecule has 108 valence electrons. The van der Waals surface area contributed by atoms with Crippen molar-refractivity contribution in [2.75, 3.05) is 13.2 Å². The van der Waals surface area contributed by atoms with Crippen LogP contribution in [0.15, 0.2) is 61.2 Å². The highest BCUT2D eigenvalue weighted by Gasteiger charge is 2.14. The lowest BCUT2D eigenvalue weighted by Gasteiger charge is -2.19. The quantitative estimate of drug-likeness (QED) is 0.723. The minimum Gasteiger partial charge on any atom is -0.486 e. The van der Waals surface area contributed by atoms with E-state index >= 15 is 0 Å². The first kappa shape index (κ1) is 12.8. The minimum absolute atomic E-state index is 0.584. The molecule has 1 aromatic carbocycles. The number of hydrogen-bond donors (Lipinski definition) is 0. The zero-order valence-electron chi connectivity index (χ0n) is 11.9. The summed E-state index contributed by atoms with van der Waals surface area (Å²) < 4.78 is 11.3. The lowest BCUT2D eigenvalue weighted by Crippen LogP contribution is -2.15. The van der Waals surface area contributed by atoms with Gasteiger partial charge in [0, 0.05) is 30.4 Å². The van der Waals surface area contributed by atoms with Crippen LogP contribution in [0, 0.1) is 0 Å². The maximum absolute atomic E-state index is 5.68. The van der Waals surface area contributed by atoms with E-state index in [0.717, 1.165) is 33.8 Å². The molecule has 0 amide bonds. The third-order valence-electron chi connectivity index (χ3n) is 3.67. The van der Waals surface area contributed by atoms with Crippen molar-refractivity contribution < 1.29 is 9.47 Å². The van der Waals surface area contributed by atoms with Gasteiger partial charge in [-0.2, -0.15) is 0 Å². The van der Waals surface area contributed by atoms with E-state index in [0.29, 0.717) is 13.2 Å². The van der Waals surface area contributed by atoms with E-state index in [1.165, 1.54) is 0 Å². The first-order chi connectivity index (χ1) is 10.9. The number of pyridine rings is 2. The van der Waals surface area contributed by atoms with Crippen molar-refractivity contribution in [3.05, 3.63) is 61.2 Å². The van der Waals surface area contributed by atoms with Crippen LogP contribution in [0.2, 0.25) is 0 Å². The van der Waals surface area contributed by atoms with Crippen LogP contribution in [-0.4, -0.2) is 23.2 Å². The fourth-order valence-corrected chi connectivity index (χ4v) is 2.62. The fraction of sp³-hybridized carbons (Fsp3) is 0.111. The van der Waals surface area contributed by atoms with E-state index in [2.05, 4.69) is 9.97 Å². The molecular weight excluding hydrogens is 276 g/mol. The zero-order valence-corrected chi connectivity index (χ0v) is 11.9. The SMILES string of the molecule is c1cc(-c2ccncc2-c2ccc3c(c2)OCCO3)ccn1. The maximum Gasteiger partial charge on any atom is 0.161 e. The molecule has 4 nitrogen and oxygen atoms in total. The standard InChI is InChI=1S/C18H14N2O2/c1-2-17-18(22-10-9-21-17)11-14(1)16-12-20-8-5-15(16)13-3-6-19-7-4-13/h1-8,11-12H,9-10H2. The Kier molecular flexibility index (Phi) is 3.20. The third-order valence-corrected chi connectivity index (χ3v) is 3.67. The summed E-state index contributed by atoms with van der Waals surface area (Å²) in [5.74, 6) is 1.58. The summed E-state index contributed by atoms with van der Waals surface area (Å²) >= 11 is 0. The van der Waals surface area contributed by atoms with Crippen LogP contribution in [0.1, 0.15) is 0 Å². The van der Waals surface area contributed by atoms with Gasteiger partial charge < -0.3 is 9.47 Å². The molecule has 0 saturated heterocycles. The van der Waals surface area contributed by atoms with E-state index in [1.807, 2.05) is 42.6 Å². The smallest absolute Gasteiger partial charge is 0.161 e. The summed E-state index contributed by atoms with van der Waals surface area (Å²) in [5.41, 5.74) is 4.35. The summed E-state index contributed by atoms with van der Waals surface area (Å²) in [4.78, 5) is 8.35. The molecule has 3 aromatic rings. The topological polar surface area (TPSA) is 44.2 Å². The molecular formula is C18H14N2O2. The maximum atomic E-state index is 5.68. The van der Waals surface area contributed by atoms with Gasteiger partial charge in [-0.3, -0.25) is 9.97 Å². The summed E-state index contributed by atoms with van der Waals surface area (Å²) in [7, 11) is 0. The predicted molar refractivity (Wildman–Crippen MR) is 83.9 cm³/mol. The molecule has 0 unspecified atom stereocenters. The van der Waals surface area contributed by atoms with Crippen molar-refractivity contribution in [3.8, 4) is 33.8 Å². The van der Waals surface area contributed by atoms with Gasteiger partial charge in [0.1, 0.15) is 13.2 Å². The number of ether oxygens (including phenoxy) is 2. The van der Waals surface area contributed by atoms with Gasteiger partial charge in [0.15, 0.2) is 11.5 Å². The second kappa shape index (κ2) is 5.48. The van der Waals surface area contributed by atoms with Gasteiger partial charge in [0.25, 0.3) is 0 Å². The summed E-state index contributed by atoms with van der Waals surface area (Å²) in [6.45, 7) is 1.18. The van der Waals surface area contributed by atoms with E-state index in [4.69, 9.17) is 9.47 Å². The van der Waals surface area contributed by atoms with Crippen molar-refractivity contribution in [2.45, 2.75) is 0 Å². The largest absolute Gasteiger partial charge is 0.486 e. The fourth-order valence-electron chi connectivity index (χ4n) is 2.62. The molecule has 0 atom stereocenters. The molecule has 0 aliphatic carbocycles. The third kappa shape index (κ3) is 2.29. The van der Waals surface area contributed by atoms with Gasteiger partial charge in [-0.15, -0.1) is 0 Å². The molecule has 0 radical (unpaired) electrons. The van der Waals surface area contributed by atoms with Crippen molar-refractivity contribution in [1.29, 1.82) is 0 Å². The van der Waals surface area contributed by atoms with E-state index in [1.54, 1.807) is 18.6 Å². The molecule has 0 N–H and O–H groups in total. The molecule has 0 fully saturated rings. The van der Waals surface area contributed by atoms with E-state index in [9.17, 15) is 0 Å². The Morgan fingerprint density at radius 1 is 0.682 bits per heavy atom. The van der Waals surface area contributed by atoms with Crippen LogP contribution < -0.4 is 9.47 Å². The molecule has 0 bridgehead atoms.